The minimum Gasteiger partial charge on any atom is -0.360 e. The molecule has 0 spiro atoms. The van der Waals surface area contributed by atoms with E-state index in [9.17, 15) is 0 Å². The minimum absolute atomic E-state index is 0.779. The van der Waals surface area contributed by atoms with E-state index in [-0.39, 0.29) is 0 Å². The van der Waals surface area contributed by atoms with Gasteiger partial charge < -0.3 is 9.84 Å². The van der Waals surface area contributed by atoms with Crippen LogP contribution in [-0.4, -0.2) is 23.7 Å². The first-order valence-electron chi connectivity index (χ1n) is 3.95. The quantitative estimate of drug-likeness (QED) is 0.706. The highest BCUT2D eigenvalue weighted by atomic mass is 32.2. The molecule has 1 heterocycles. The van der Waals surface area contributed by atoms with Gasteiger partial charge in [0, 0.05) is 18.4 Å². The molecule has 12 heavy (non-hydrogen) atoms. The first-order valence-corrected chi connectivity index (χ1v) is 5.34. The maximum absolute atomic E-state index is 5.03. The zero-order valence-electron chi connectivity index (χ0n) is 7.46. The third-order valence-electron chi connectivity index (χ3n) is 1.46. The van der Waals surface area contributed by atoms with E-state index in [0.717, 1.165) is 30.3 Å². The zero-order valence-corrected chi connectivity index (χ0v) is 8.28. The van der Waals surface area contributed by atoms with Crippen molar-refractivity contribution in [3.05, 3.63) is 17.5 Å². The second-order valence-electron chi connectivity index (χ2n) is 2.60. The first-order chi connectivity index (χ1) is 5.83. The number of aromatic nitrogens is 1. The Morgan fingerprint density at radius 3 is 3.08 bits per heavy atom. The number of nitrogens with one attached hydrogen (secondary N) is 1. The zero-order chi connectivity index (χ0) is 8.81. The lowest BCUT2D eigenvalue weighted by atomic mass is 10.4. The molecule has 0 unspecified atom stereocenters. The molecule has 0 aliphatic rings. The number of hydrogen-bond acceptors (Lipinski definition) is 4. The summed E-state index contributed by atoms with van der Waals surface area (Å²) in [7, 11) is 0. The van der Waals surface area contributed by atoms with Crippen molar-refractivity contribution >= 4 is 11.8 Å². The Balaban J connectivity index is 2.15. The molecule has 0 radical (unpaired) electrons. The minimum atomic E-state index is 0.779. The van der Waals surface area contributed by atoms with Crippen molar-refractivity contribution in [3.63, 3.8) is 0 Å². The normalized spacial score (nSPS) is 10.5. The lowest BCUT2D eigenvalue weighted by Crippen LogP contribution is -2.15. The maximum atomic E-state index is 5.03. The standard InChI is InChI=1S/C8H14N2OS/c1-7-5-8(11-10-7)6-9-3-4-12-2/h5,9H,3-4,6H2,1-2H3. The van der Waals surface area contributed by atoms with E-state index in [4.69, 9.17) is 4.52 Å². The van der Waals surface area contributed by atoms with Gasteiger partial charge in [0.25, 0.3) is 0 Å². The van der Waals surface area contributed by atoms with Crippen molar-refractivity contribution < 1.29 is 4.52 Å². The topological polar surface area (TPSA) is 38.1 Å². The summed E-state index contributed by atoms with van der Waals surface area (Å²) in [6.07, 6.45) is 2.10. The summed E-state index contributed by atoms with van der Waals surface area (Å²) in [5.41, 5.74) is 0.941. The molecule has 4 heteroatoms. The number of aryl methyl sites for hydroxylation is 1. The molecule has 3 nitrogen and oxygen atoms in total. The smallest absolute Gasteiger partial charge is 0.150 e. The van der Waals surface area contributed by atoms with Crippen LogP contribution in [0.3, 0.4) is 0 Å². The maximum Gasteiger partial charge on any atom is 0.150 e. The average molecular weight is 186 g/mol. The highest BCUT2D eigenvalue weighted by molar-refractivity contribution is 7.98. The summed E-state index contributed by atoms with van der Waals surface area (Å²) in [4.78, 5) is 0. The lowest BCUT2D eigenvalue weighted by Gasteiger charge is -1.98. The predicted octanol–water partition coefficient (Wildman–Crippen LogP) is 1.44. The largest absolute Gasteiger partial charge is 0.360 e. The van der Waals surface area contributed by atoms with Gasteiger partial charge >= 0.3 is 0 Å². The summed E-state index contributed by atoms with van der Waals surface area (Å²) in [5.74, 6) is 2.04. The van der Waals surface area contributed by atoms with Crippen molar-refractivity contribution in [3.8, 4) is 0 Å². The SMILES string of the molecule is CSCCNCc1cc(C)no1. The Morgan fingerprint density at radius 1 is 1.67 bits per heavy atom. The molecule has 1 aromatic rings. The number of hydrogen-bond donors (Lipinski definition) is 1. The van der Waals surface area contributed by atoms with E-state index in [1.807, 2.05) is 24.8 Å². The fraction of sp³-hybridized carbons (Fsp3) is 0.625. The third kappa shape index (κ3) is 3.28. The van der Waals surface area contributed by atoms with Gasteiger partial charge in [0.15, 0.2) is 5.76 Å². The monoisotopic (exact) mass is 186 g/mol. The van der Waals surface area contributed by atoms with Gasteiger partial charge in [-0.05, 0) is 13.2 Å². The summed E-state index contributed by atoms with van der Waals surface area (Å²) >= 11 is 1.83. The van der Waals surface area contributed by atoms with Crippen molar-refractivity contribution in [1.82, 2.24) is 10.5 Å². The van der Waals surface area contributed by atoms with Gasteiger partial charge in [0.2, 0.25) is 0 Å². The molecule has 1 N–H and O–H groups in total. The van der Waals surface area contributed by atoms with Gasteiger partial charge in [-0.25, -0.2) is 0 Å². The van der Waals surface area contributed by atoms with Crippen molar-refractivity contribution in [2.75, 3.05) is 18.6 Å². The van der Waals surface area contributed by atoms with Crippen LogP contribution in [-0.2, 0) is 6.54 Å². The van der Waals surface area contributed by atoms with Crippen LogP contribution in [0.5, 0.6) is 0 Å². The van der Waals surface area contributed by atoms with E-state index >= 15 is 0 Å². The first kappa shape index (κ1) is 9.61. The second-order valence-corrected chi connectivity index (χ2v) is 3.59. The molecular weight excluding hydrogens is 172 g/mol. The van der Waals surface area contributed by atoms with Crippen LogP contribution in [0, 0.1) is 6.92 Å². The number of thioether (sulfide) groups is 1. The Kier molecular flexibility index (Phi) is 4.18. The van der Waals surface area contributed by atoms with Crippen LogP contribution < -0.4 is 5.32 Å². The molecule has 0 aliphatic heterocycles. The average Bonchev–Trinajstić information content (AvgIpc) is 2.45. The molecular formula is C8H14N2OS. The molecule has 0 saturated heterocycles. The molecule has 1 rings (SSSR count). The summed E-state index contributed by atoms with van der Waals surface area (Å²) in [5, 5.41) is 7.06. The molecule has 0 aromatic carbocycles. The molecule has 0 atom stereocenters. The van der Waals surface area contributed by atoms with Gasteiger partial charge in [-0.3, -0.25) is 0 Å². The van der Waals surface area contributed by atoms with Crippen molar-refractivity contribution in [2.45, 2.75) is 13.5 Å². The molecule has 68 valence electrons. The molecule has 1 aromatic heterocycles. The van der Waals surface area contributed by atoms with Crippen molar-refractivity contribution in [2.24, 2.45) is 0 Å². The molecule has 0 amide bonds. The van der Waals surface area contributed by atoms with Crippen LogP contribution in [0.25, 0.3) is 0 Å². The second kappa shape index (κ2) is 5.22. The van der Waals surface area contributed by atoms with E-state index in [1.54, 1.807) is 0 Å². The predicted molar refractivity (Wildman–Crippen MR) is 51.3 cm³/mol. The van der Waals surface area contributed by atoms with Crippen LogP contribution in [0.1, 0.15) is 11.5 Å². The van der Waals surface area contributed by atoms with Crippen LogP contribution in [0.4, 0.5) is 0 Å². The van der Waals surface area contributed by atoms with Gasteiger partial charge in [0.1, 0.15) is 0 Å². The van der Waals surface area contributed by atoms with Gasteiger partial charge in [-0.15, -0.1) is 0 Å². The van der Waals surface area contributed by atoms with Crippen LogP contribution >= 0.6 is 11.8 Å². The number of rotatable bonds is 5. The van der Waals surface area contributed by atoms with Crippen molar-refractivity contribution in [1.29, 1.82) is 0 Å². The van der Waals surface area contributed by atoms with E-state index < -0.39 is 0 Å². The van der Waals surface area contributed by atoms with E-state index in [2.05, 4.69) is 16.7 Å². The Morgan fingerprint density at radius 2 is 2.50 bits per heavy atom. The highest BCUT2D eigenvalue weighted by Crippen LogP contribution is 2.00. The lowest BCUT2D eigenvalue weighted by molar-refractivity contribution is 0.371. The van der Waals surface area contributed by atoms with E-state index in [1.165, 1.54) is 0 Å². The summed E-state index contributed by atoms with van der Waals surface area (Å²) in [6.45, 7) is 3.72. The highest BCUT2D eigenvalue weighted by Gasteiger charge is 1.98. The number of nitrogens with zero attached hydrogens (tertiary/aromatic N) is 1. The summed E-state index contributed by atoms with van der Waals surface area (Å²) in [6, 6.07) is 1.95. The van der Waals surface area contributed by atoms with Gasteiger partial charge in [-0.2, -0.15) is 11.8 Å². The Bertz CT molecular complexity index is 225. The fourth-order valence-electron chi connectivity index (χ4n) is 0.885. The van der Waals surface area contributed by atoms with Crippen LogP contribution in [0.2, 0.25) is 0 Å². The van der Waals surface area contributed by atoms with Gasteiger partial charge in [0.05, 0.1) is 12.2 Å². The van der Waals surface area contributed by atoms with E-state index in [0.29, 0.717) is 0 Å². The third-order valence-corrected chi connectivity index (χ3v) is 2.07. The van der Waals surface area contributed by atoms with Gasteiger partial charge in [-0.1, -0.05) is 5.16 Å². The molecule has 0 saturated carbocycles. The Labute approximate surface area is 76.9 Å². The fourth-order valence-corrected chi connectivity index (χ4v) is 1.23. The molecule has 0 aliphatic carbocycles. The molecule has 0 fully saturated rings. The van der Waals surface area contributed by atoms with Crippen LogP contribution in [0.15, 0.2) is 10.6 Å². The molecule has 0 bridgehead atoms. The summed E-state index contributed by atoms with van der Waals surface area (Å²) < 4.78 is 5.03. The Hall–Kier alpha value is -0.480.